The summed E-state index contributed by atoms with van der Waals surface area (Å²) in [7, 11) is 0. The molecule has 0 fully saturated rings. The normalized spacial score (nSPS) is 17.0. The van der Waals surface area contributed by atoms with Gasteiger partial charge in [-0.25, -0.2) is 0 Å². The Kier molecular flexibility index (Phi) is 6.36. The van der Waals surface area contributed by atoms with Crippen molar-refractivity contribution in [1.29, 1.82) is 0 Å². The summed E-state index contributed by atoms with van der Waals surface area (Å²) in [6.07, 6.45) is 1.86. The highest BCUT2D eigenvalue weighted by molar-refractivity contribution is 5.53. The number of aromatic hydroxyl groups is 4. The molecule has 0 saturated carbocycles. The summed E-state index contributed by atoms with van der Waals surface area (Å²) < 4.78 is 0. The van der Waals surface area contributed by atoms with Gasteiger partial charge in [-0.3, -0.25) is 0 Å². The second-order valence-electron chi connectivity index (χ2n) is 11.0. The topological polar surface area (TPSA) is 80.9 Å². The Morgan fingerprint density at radius 1 is 0.568 bits per heavy atom. The van der Waals surface area contributed by atoms with Gasteiger partial charge in [-0.2, -0.15) is 0 Å². The number of hydrogen-bond donors (Lipinski definition) is 4. The molecular formula is C33H34O4. The molecule has 1 aliphatic carbocycles. The Balaban J connectivity index is 1.69. The lowest BCUT2D eigenvalue weighted by Crippen LogP contribution is -2.21. The third-order valence-electron chi connectivity index (χ3n) is 7.86. The zero-order chi connectivity index (χ0) is 26.3. The van der Waals surface area contributed by atoms with Crippen molar-refractivity contribution in [3.05, 3.63) is 117 Å². The summed E-state index contributed by atoms with van der Waals surface area (Å²) in [5.74, 6) is 0.866. The molecule has 8 bridgehead atoms. The average molecular weight is 495 g/mol. The molecule has 5 rings (SSSR count). The molecule has 1 atom stereocenters. The van der Waals surface area contributed by atoms with Crippen LogP contribution >= 0.6 is 0 Å². The predicted octanol–water partition coefficient (Wildman–Crippen LogP) is 6.87. The first-order valence-electron chi connectivity index (χ1n) is 12.9. The minimum Gasteiger partial charge on any atom is -0.507 e. The molecule has 0 spiro atoms. The maximum absolute atomic E-state index is 11.3. The number of rotatable bonds is 0. The van der Waals surface area contributed by atoms with Crippen LogP contribution < -0.4 is 0 Å². The van der Waals surface area contributed by atoms with E-state index in [4.69, 9.17) is 0 Å². The van der Waals surface area contributed by atoms with E-state index >= 15 is 0 Å². The molecule has 4 heteroatoms. The summed E-state index contributed by atoms with van der Waals surface area (Å²) in [6.45, 7) is 6.19. The lowest BCUT2D eigenvalue weighted by atomic mass is 9.77. The molecule has 4 aromatic rings. The SMILES string of the molecule is CC1Cc2cccc(c2O)CC(C)(C)c2cccc(c2O)Cc2cccc(c2O)Cc2cccc1c2O. The quantitative estimate of drug-likeness (QED) is 0.215. The fourth-order valence-corrected chi connectivity index (χ4v) is 5.73. The molecule has 4 nitrogen and oxygen atoms in total. The van der Waals surface area contributed by atoms with Gasteiger partial charge in [-0.15, -0.1) is 0 Å². The molecule has 1 unspecified atom stereocenters. The number of benzene rings is 4. The van der Waals surface area contributed by atoms with E-state index in [2.05, 4.69) is 20.8 Å². The minimum absolute atomic E-state index is 0.0337. The predicted molar refractivity (Wildman–Crippen MR) is 147 cm³/mol. The highest BCUT2D eigenvalue weighted by Gasteiger charge is 2.28. The van der Waals surface area contributed by atoms with E-state index in [0.29, 0.717) is 25.7 Å². The van der Waals surface area contributed by atoms with Crippen LogP contribution in [-0.2, 0) is 31.1 Å². The number of fused-ring (bicyclic) bond motifs is 8. The molecule has 0 aliphatic heterocycles. The molecular weight excluding hydrogens is 460 g/mol. The zero-order valence-electron chi connectivity index (χ0n) is 21.6. The second-order valence-corrected chi connectivity index (χ2v) is 11.0. The van der Waals surface area contributed by atoms with Gasteiger partial charge in [-0.05, 0) is 63.1 Å². The van der Waals surface area contributed by atoms with Crippen LogP contribution in [0.4, 0.5) is 0 Å². The van der Waals surface area contributed by atoms with Crippen molar-refractivity contribution in [2.75, 3.05) is 0 Å². The van der Waals surface area contributed by atoms with Gasteiger partial charge in [-0.1, -0.05) is 93.6 Å². The van der Waals surface area contributed by atoms with Crippen LogP contribution in [0.5, 0.6) is 23.0 Å². The highest BCUT2D eigenvalue weighted by Crippen LogP contribution is 2.41. The molecule has 0 saturated heterocycles. The minimum atomic E-state index is -0.455. The van der Waals surface area contributed by atoms with Gasteiger partial charge in [0.1, 0.15) is 23.0 Å². The van der Waals surface area contributed by atoms with Crippen molar-refractivity contribution in [2.24, 2.45) is 0 Å². The van der Waals surface area contributed by atoms with Crippen molar-refractivity contribution < 1.29 is 20.4 Å². The number of phenolic OH excluding ortho intramolecular Hbond substituents is 4. The number of para-hydroxylation sites is 4. The summed E-state index contributed by atoms with van der Waals surface area (Å²) in [5, 5.41) is 44.9. The van der Waals surface area contributed by atoms with Gasteiger partial charge >= 0.3 is 0 Å². The largest absolute Gasteiger partial charge is 0.507 e. The first-order valence-corrected chi connectivity index (χ1v) is 12.9. The van der Waals surface area contributed by atoms with Crippen LogP contribution in [0, 0.1) is 0 Å². The van der Waals surface area contributed by atoms with Crippen LogP contribution in [0.3, 0.4) is 0 Å². The molecule has 0 heterocycles. The summed E-state index contributed by atoms with van der Waals surface area (Å²) in [5.41, 5.74) is 5.73. The van der Waals surface area contributed by atoms with Gasteiger partial charge in [0.25, 0.3) is 0 Å². The van der Waals surface area contributed by atoms with Crippen molar-refractivity contribution in [2.45, 2.75) is 57.8 Å². The highest BCUT2D eigenvalue weighted by atomic mass is 16.3. The average Bonchev–Trinajstić information content (AvgIpc) is 2.85. The fraction of sp³-hybridized carbons (Fsp3) is 0.273. The maximum Gasteiger partial charge on any atom is 0.122 e. The third kappa shape index (κ3) is 4.64. The molecule has 190 valence electrons. The second kappa shape index (κ2) is 9.51. The van der Waals surface area contributed by atoms with Gasteiger partial charge < -0.3 is 20.4 Å². The van der Waals surface area contributed by atoms with Crippen molar-refractivity contribution in [3.63, 3.8) is 0 Å². The molecule has 1 aliphatic rings. The lowest BCUT2D eigenvalue weighted by Gasteiger charge is -2.28. The van der Waals surface area contributed by atoms with E-state index in [0.717, 1.165) is 44.5 Å². The van der Waals surface area contributed by atoms with E-state index in [1.165, 1.54) is 0 Å². The Labute approximate surface area is 218 Å². The van der Waals surface area contributed by atoms with Crippen molar-refractivity contribution in [3.8, 4) is 23.0 Å². The smallest absolute Gasteiger partial charge is 0.122 e. The van der Waals surface area contributed by atoms with E-state index in [-0.39, 0.29) is 28.9 Å². The monoisotopic (exact) mass is 494 g/mol. The van der Waals surface area contributed by atoms with E-state index in [1.807, 2.05) is 72.8 Å². The van der Waals surface area contributed by atoms with Crippen LogP contribution in [0.15, 0.2) is 72.8 Å². The van der Waals surface area contributed by atoms with E-state index in [9.17, 15) is 20.4 Å². The maximum atomic E-state index is 11.3. The van der Waals surface area contributed by atoms with Crippen molar-refractivity contribution >= 4 is 0 Å². The van der Waals surface area contributed by atoms with Crippen LogP contribution in [-0.4, -0.2) is 20.4 Å². The lowest BCUT2D eigenvalue weighted by molar-refractivity contribution is 0.417. The van der Waals surface area contributed by atoms with Crippen molar-refractivity contribution in [1.82, 2.24) is 0 Å². The number of phenols is 4. The van der Waals surface area contributed by atoms with E-state index in [1.54, 1.807) is 0 Å². The summed E-state index contributed by atoms with van der Waals surface area (Å²) in [6, 6.07) is 23.0. The summed E-state index contributed by atoms with van der Waals surface area (Å²) in [4.78, 5) is 0. The standard InChI is InChI=1S/C33H34O4/c1-20-16-21-8-5-13-26(30(21)35)19-33(2,3)28-15-7-12-25(32(28)37)18-23-10-4-9-22(29(23)34)17-24-11-6-14-27(20)31(24)36/h4-15,20,34-37H,16-19H2,1-3H3. The third-order valence-corrected chi connectivity index (χ3v) is 7.86. The summed E-state index contributed by atoms with van der Waals surface area (Å²) >= 11 is 0. The fourth-order valence-electron chi connectivity index (χ4n) is 5.73. The molecule has 4 aromatic carbocycles. The van der Waals surface area contributed by atoms with Crippen LogP contribution in [0.1, 0.15) is 71.2 Å². The Hall–Kier alpha value is -3.92. The zero-order valence-corrected chi connectivity index (χ0v) is 21.6. The Morgan fingerprint density at radius 2 is 1.03 bits per heavy atom. The molecule has 0 aromatic heterocycles. The van der Waals surface area contributed by atoms with Gasteiger partial charge in [0.2, 0.25) is 0 Å². The first-order chi connectivity index (χ1) is 17.7. The molecule has 0 radical (unpaired) electrons. The van der Waals surface area contributed by atoms with Gasteiger partial charge in [0, 0.05) is 18.4 Å². The molecule has 37 heavy (non-hydrogen) atoms. The Bertz CT molecular complexity index is 1470. The van der Waals surface area contributed by atoms with Crippen LogP contribution in [0.25, 0.3) is 0 Å². The van der Waals surface area contributed by atoms with Gasteiger partial charge in [0.15, 0.2) is 0 Å². The molecule has 4 N–H and O–H groups in total. The molecule has 0 amide bonds. The van der Waals surface area contributed by atoms with E-state index < -0.39 is 5.41 Å². The Morgan fingerprint density at radius 3 is 1.68 bits per heavy atom. The number of hydrogen-bond acceptors (Lipinski definition) is 4. The first kappa shape index (κ1) is 24.8. The van der Waals surface area contributed by atoms with Crippen LogP contribution in [0.2, 0.25) is 0 Å². The van der Waals surface area contributed by atoms with Gasteiger partial charge in [0.05, 0.1) is 0 Å².